The molecule has 0 radical (unpaired) electrons. The highest BCUT2D eigenvalue weighted by atomic mass is 32.2. The van der Waals surface area contributed by atoms with Gasteiger partial charge in [0.2, 0.25) is 11.6 Å². The number of halogens is 3. The number of aromatic nitrogens is 3. The van der Waals surface area contributed by atoms with Crippen LogP contribution in [-0.2, 0) is 10.0 Å². The van der Waals surface area contributed by atoms with Crippen molar-refractivity contribution in [3.05, 3.63) is 29.0 Å². The van der Waals surface area contributed by atoms with Crippen molar-refractivity contribution in [2.75, 3.05) is 21.3 Å². The number of carbonyl (C=O) groups is 1. The number of hydrogen-bond acceptors (Lipinski definition) is 8. The first-order valence-corrected chi connectivity index (χ1v) is 9.29. The van der Waals surface area contributed by atoms with Crippen LogP contribution in [0.1, 0.15) is 24.0 Å². The van der Waals surface area contributed by atoms with Crippen LogP contribution in [-0.4, -0.2) is 60.5 Å². The number of Topliss-reactive ketones (excluding diaryl/α,β-unsaturated/α-hetero) is 1. The molecule has 0 aliphatic heterocycles. The molecule has 0 aromatic carbocycles. The molecule has 1 aromatic heterocycles. The van der Waals surface area contributed by atoms with Crippen molar-refractivity contribution in [2.45, 2.75) is 19.1 Å². The lowest BCUT2D eigenvalue weighted by Gasteiger charge is -2.28. The van der Waals surface area contributed by atoms with Crippen molar-refractivity contribution < 1.29 is 35.9 Å². The average Bonchev–Trinajstić information content (AvgIpc) is 2.68. The highest BCUT2D eigenvalue weighted by Gasteiger charge is 2.38. The SMILES string of the molecule is COc1nc(OC)nc(C(=O)C2=CCC(C)C(F)=C2N(C)S(=O)(=O)C(F)F)n1. The quantitative estimate of drug-likeness (QED) is 0.611. The minimum atomic E-state index is -5.20. The normalized spacial score (nSPS) is 17.4. The molecular weight excluding hydrogens is 405 g/mol. The molecule has 1 atom stereocenters. The number of ether oxygens (including phenoxy) is 2. The summed E-state index contributed by atoms with van der Waals surface area (Å²) in [5, 5.41) is 0. The lowest BCUT2D eigenvalue weighted by atomic mass is 9.92. The molecule has 0 amide bonds. The zero-order valence-corrected chi connectivity index (χ0v) is 16.1. The molecule has 0 saturated carbocycles. The maximum Gasteiger partial charge on any atom is 0.355 e. The molecule has 1 unspecified atom stereocenters. The smallest absolute Gasteiger partial charge is 0.355 e. The Balaban J connectivity index is 2.58. The standard InChI is InChI=1S/C15H17F3N4O5S/c1-7-5-6-8(10(9(7)16)22(2)28(24,25)13(17)18)11(23)12-19-14(26-3)21-15(20-12)27-4/h6-7,13H,5H2,1-4H3. The molecule has 0 N–H and O–H groups in total. The van der Waals surface area contributed by atoms with Crippen molar-refractivity contribution in [3.63, 3.8) is 0 Å². The molecular formula is C15H17F3N4O5S. The van der Waals surface area contributed by atoms with Gasteiger partial charge in [-0.2, -0.15) is 18.7 Å². The molecule has 0 spiro atoms. The van der Waals surface area contributed by atoms with Crippen LogP contribution in [0, 0.1) is 5.92 Å². The molecule has 154 valence electrons. The lowest BCUT2D eigenvalue weighted by Crippen LogP contribution is -2.35. The molecule has 13 heteroatoms. The van der Waals surface area contributed by atoms with Crippen molar-refractivity contribution in [1.82, 2.24) is 19.3 Å². The molecule has 0 saturated heterocycles. The van der Waals surface area contributed by atoms with E-state index < -0.39 is 50.4 Å². The van der Waals surface area contributed by atoms with Crippen molar-refractivity contribution in [2.24, 2.45) is 5.92 Å². The lowest BCUT2D eigenvalue weighted by molar-refractivity contribution is 0.101. The first kappa shape index (κ1) is 21.6. The molecule has 2 rings (SSSR count). The van der Waals surface area contributed by atoms with Gasteiger partial charge in [0.1, 0.15) is 5.83 Å². The minimum absolute atomic E-state index is 0.0400. The number of rotatable bonds is 7. The fourth-order valence-electron chi connectivity index (χ4n) is 2.37. The average molecular weight is 422 g/mol. The molecule has 1 aliphatic carbocycles. The summed E-state index contributed by atoms with van der Waals surface area (Å²) in [5.74, 6) is -7.18. The third kappa shape index (κ3) is 3.93. The zero-order valence-electron chi connectivity index (χ0n) is 15.3. The second kappa shape index (κ2) is 8.12. The third-order valence-electron chi connectivity index (χ3n) is 3.92. The van der Waals surface area contributed by atoms with Gasteiger partial charge < -0.3 is 9.47 Å². The largest absolute Gasteiger partial charge is 0.467 e. The fraction of sp³-hybridized carbons (Fsp3) is 0.467. The summed E-state index contributed by atoms with van der Waals surface area (Å²) in [6.07, 6.45) is 1.28. The summed E-state index contributed by atoms with van der Waals surface area (Å²) in [6.45, 7) is 1.42. The molecule has 28 heavy (non-hydrogen) atoms. The number of allylic oxidation sites excluding steroid dienone is 3. The third-order valence-corrected chi connectivity index (χ3v) is 5.31. The van der Waals surface area contributed by atoms with Gasteiger partial charge >= 0.3 is 17.8 Å². The Bertz CT molecular complexity index is 927. The van der Waals surface area contributed by atoms with Gasteiger partial charge in [0.05, 0.1) is 19.9 Å². The number of likely N-dealkylation sites (N-methyl/N-ethyl adjacent to an activating group) is 1. The molecule has 1 heterocycles. The van der Waals surface area contributed by atoms with E-state index in [1.165, 1.54) is 27.2 Å². The Labute approximate surface area is 158 Å². The highest BCUT2D eigenvalue weighted by Crippen LogP contribution is 2.36. The van der Waals surface area contributed by atoms with Crippen LogP contribution in [0.2, 0.25) is 0 Å². The molecule has 0 bridgehead atoms. The van der Waals surface area contributed by atoms with Crippen LogP contribution >= 0.6 is 0 Å². The van der Waals surface area contributed by atoms with Crippen LogP contribution < -0.4 is 9.47 Å². The summed E-state index contributed by atoms with van der Waals surface area (Å²) in [6, 6.07) is -0.556. The topological polar surface area (TPSA) is 112 Å². The van der Waals surface area contributed by atoms with E-state index in [2.05, 4.69) is 15.0 Å². The molecule has 1 aliphatic rings. The maximum atomic E-state index is 14.7. The van der Waals surface area contributed by atoms with Crippen molar-refractivity contribution in [1.29, 1.82) is 0 Å². The molecule has 1 aromatic rings. The zero-order chi connectivity index (χ0) is 21.2. The van der Waals surface area contributed by atoms with Crippen molar-refractivity contribution >= 4 is 15.8 Å². The Morgan fingerprint density at radius 1 is 1.21 bits per heavy atom. The number of nitrogens with zero attached hydrogens (tertiary/aromatic N) is 4. The fourth-order valence-corrected chi connectivity index (χ4v) is 3.05. The van der Waals surface area contributed by atoms with Gasteiger partial charge in [-0.15, -0.1) is 4.98 Å². The number of sulfonamides is 1. The summed E-state index contributed by atoms with van der Waals surface area (Å²) in [7, 11) is -2.02. The van der Waals surface area contributed by atoms with Crippen molar-refractivity contribution in [3.8, 4) is 12.0 Å². The van der Waals surface area contributed by atoms with E-state index in [9.17, 15) is 26.4 Å². The molecule has 0 fully saturated rings. The van der Waals surface area contributed by atoms with Gasteiger partial charge in [-0.3, -0.25) is 9.10 Å². The second-order valence-electron chi connectivity index (χ2n) is 5.69. The highest BCUT2D eigenvalue weighted by molar-refractivity contribution is 7.89. The summed E-state index contributed by atoms with van der Waals surface area (Å²) < 4.78 is 74.0. The first-order valence-electron chi connectivity index (χ1n) is 7.79. The van der Waals surface area contributed by atoms with E-state index in [1.807, 2.05) is 0 Å². The van der Waals surface area contributed by atoms with Gasteiger partial charge in [0, 0.05) is 18.5 Å². The number of hydrogen-bond donors (Lipinski definition) is 0. The van der Waals surface area contributed by atoms with E-state index >= 15 is 0 Å². The maximum absolute atomic E-state index is 14.7. The van der Waals surface area contributed by atoms with E-state index in [4.69, 9.17) is 9.47 Å². The number of carbonyl (C=O) groups excluding carboxylic acids is 1. The van der Waals surface area contributed by atoms with E-state index in [0.717, 1.165) is 7.05 Å². The number of alkyl halides is 2. The van der Waals surface area contributed by atoms with Gasteiger partial charge in [0.15, 0.2) is 0 Å². The number of methoxy groups -OCH3 is 2. The predicted octanol–water partition coefficient (Wildman–Crippen LogP) is 1.70. The minimum Gasteiger partial charge on any atom is -0.467 e. The van der Waals surface area contributed by atoms with Gasteiger partial charge in [-0.1, -0.05) is 13.0 Å². The van der Waals surface area contributed by atoms with Gasteiger partial charge in [-0.05, 0) is 6.42 Å². The summed E-state index contributed by atoms with van der Waals surface area (Å²) in [5.41, 5.74) is -1.26. The first-order chi connectivity index (χ1) is 13.0. The van der Waals surface area contributed by atoms with Crippen LogP contribution in [0.5, 0.6) is 12.0 Å². The summed E-state index contributed by atoms with van der Waals surface area (Å²) in [4.78, 5) is 24.0. The van der Waals surface area contributed by atoms with Crippen LogP contribution in [0.3, 0.4) is 0 Å². The second-order valence-corrected chi connectivity index (χ2v) is 7.62. The summed E-state index contributed by atoms with van der Waals surface area (Å²) >= 11 is 0. The Hall–Kier alpha value is -2.70. The van der Waals surface area contributed by atoms with Gasteiger partial charge in [-0.25, -0.2) is 12.8 Å². The Kier molecular flexibility index (Phi) is 6.27. The monoisotopic (exact) mass is 422 g/mol. The Morgan fingerprint density at radius 2 is 1.75 bits per heavy atom. The van der Waals surface area contributed by atoms with E-state index in [0.29, 0.717) is 0 Å². The van der Waals surface area contributed by atoms with Crippen LogP contribution in [0.15, 0.2) is 23.2 Å². The predicted molar refractivity (Wildman–Crippen MR) is 89.9 cm³/mol. The number of ketones is 1. The van der Waals surface area contributed by atoms with E-state index in [1.54, 1.807) is 0 Å². The molecule has 9 nitrogen and oxygen atoms in total. The Morgan fingerprint density at radius 3 is 2.21 bits per heavy atom. The van der Waals surface area contributed by atoms with E-state index in [-0.39, 0.29) is 22.7 Å². The van der Waals surface area contributed by atoms with Gasteiger partial charge in [0.25, 0.3) is 10.0 Å². The van der Waals surface area contributed by atoms with Crippen LogP contribution in [0.4, 0.5) is 13.2 Å². The van der Waals surface area contributed by atoms with Crippen LogP contribution in [0.25, 0.3) is 0 Å².